The van der Waals surface area contributed by atoms with Crippen molar-refractivity contribution in [2.45, 2.75) is 59.1 Å². The quantitative estimate of drug-likeness (QED) is 0.887. The lowest BCUT2D eigenvalue weighted by atomic mass is 9.87. The lowest BCUT2D eigenvalue weighted by molar-refractivity contribution is -0.128. The molecule has 1 amide bonds. The largest absolute Gasteiger partial charge is 0.481 e. The first-order valence-electron chi connectivity index (χ1n) is 9.08. The number of aryl methyl sites for hydroxylation is 3. The Morgan fingerprint density at radius 3 is 2.76 bits per heavy atom. The smallest absolute Gasteiger partial charge is 0.261 e. The van der Waals surface area contributed by atoms with Gasteiger partial charge in [-0.1, -0.05) is 30.3 Å². The lowest BCUT2D eigenvalue weighted by Gasteiger charge is -2.27. The third-order valence-electron chi connectivity index (χ3n) is 5.12. The second-order valence-electron chi connectivity index (χ2n) is 7.12. The number of carbonyl (C=O) groups excluding carboxylic acids is 1. The molecule has 1 aliphatic rings. The van der Waals surface area contributed by atoms with Crippen molar-refractivity contribution in [2.24, 2.45) is 0 Å². The number of carbonyl (C=O) groups is 1. The molecule has 0 bridgehead atoms. The summed E-state index contributed by atoms with van der Waals surface area (Å²) in [6.45, 7) is 7.97. The second-order valence-corrected chi connectivity index (χ2v) is 7.12. The molecule has 0 saturated heterocycles. The predicted octanol–water partition coefficient (Wildman–Crippen LogP) is 4.57. The number of amides is 1. The van der Waals surface area contributed by atoms with Crippen LogP contribution in [0, 0.1) is 20.8 Å². The molecule has 3 nitrogen and oxygen atoms in total. The highest BCUT2D eigenvalue weighted by Gasteiger charge is 2.24. The van der Waals surface area contributed by atoms with E-state index in [4.69, 9.17) is 4.74 Å². The van der Waals surface area contributed by atoms with E-state index in [1.807, 2.05) is 32.9 Å². The van der Waals surface area contributed by atoms with Gasteiger partial charge in [-0.15, -0.1) is 0 Å². The fourth-order valence-corrected chi connectivity index (χ4v) is 3.56. The molecule has 25 heavy (non-hydrogen) atoms. The fourth-order valence-electron chi connectivity index (χ4n) is 3.56. The molecule has 3 heteroatoms. The number of benzene rings is 2. The van der Waals surface area contributed by atoms with Crippen LogP contribution in [0.15, 0.2) is 36.4 Å². The van der Waals surface area contributed by atoms with Gasteiger partial charge in [-0.25, -0.2) is 0 Å². The minimum Gasteiger partial charge on any atom is -0.481 e. The molecule has 1 N–H and O–H groups in total. The van der Waals surface area contributed by atoms with Gasteiger partial charge in [0.05, 0.1) is 6.04 Å². The molecule has 2 unspecified atom stereocenters. The number of rotatable bonds is 4. The molecule has 0 radical (unpaired) electrons. The summed E-state index contributed by atoms with van der Waals surface area (Å²) in [5.74, 6) is 0.740. The van der Waals surface area contributed by atoms with Crippen LogP contribution in [-0.4, -0.2) is 12.0 Å². The van der Waals surface area contributed by atoms with Gasteiger partial charge in [0.25, 0.3) is 5.91 Å². The van der Waals surface area contributed by atoms with E-state index >= 15 is 0 Å². The third-order valence-corrected chi connectivity index (χ3v) is 5.12. The van der Waals surface area contributed by atoms with E-state index in [0.29, 0.717) is 0 Å². The zero-order valence-electron chi connectivity index (χ0n) is 15.6. The van der Waals surface area contributed by atoms with Crippen molar-refractivity contribution in [3.05, 3.63) is 64.2 Å². The normalized spacial score (nSPS) is 17.5. The number of hydrogen-bond donors (Lipinski definition) is 1. The maximum Gasteiger partial charge on any atom is 0.261 e. The molecule has 0 saturated carbocycles. The van der Waals surface area contributed by atoms with Crippen molar-refractivity contribution in [2.75, 3.05) is 0 Å². The maximum atomic E-state index is 12.7. The van der Waals surface area contributed by atoms with Crippen molar-refractivity contribution >= 4 is 5.91 Å². The highest BCUT2D eigenvalue weighted by molar-refractivity contribution is 5.81. The summed E-state index contributed by atoms with van der Waals surface area (Å²) in [6, 6.07) is 12.6. The molecule has 0 aromatic heterocycles. The Balaban J connectivity index is 1.70. The van der Waals surface area contributed by atoms with E-state index in [2.05, 4.69) is 36.5 Å². The van der Waals surface area contributed by atoms with Crippen LogP contribution in [0.1, 0.15) is 53.6 Å². The summed E-state index contributed by atoms with van der Waals surface area (Å²) in [7, 11) is 0. The topological polar surface area (TPSA) is 38.3 Å². The molecule has 0 fully saturated rings. The van der Waals surface area contributed by atoms with Crippen LogP contribution >= 0.6 is 0 Å². The Bertz CT molecular complexity index is 782. The van der Waals surface area contributed by atoms with Crippen molar-refractivity contribution in [3.8, 4) is 5.75 Å². The predicted molar refractivity (Wildman–Crippen MR) is 101 cm³/mol. The Labute approximate surface area is 150 Å². The van der Waals surface area contributed by atoms with Gasteiger partial charge in [-0.2, -0.15) is 0 Å². The van der Waals surface area contributed by atoms with Crippen molar-refractivity contribution in [3.63, 3.8) is 0 Å². The summed E-state index contributed by atoms with van der Waals surface area (Å²) >= 11 is 0. The molecule has 0 heterocycles. The second kappa shape index (κ2) is 7.30. The van der Waals surface area contributed by atoms with E-state index in [-0.39, 0.29) is 11.9 Å². The summed E-state index contributed by atoms with van der Waals surface area (Å²) in [5.41, 5.74) is 6.01. The first-order valence-corrected chi connectivity index (χ1v) is 9.08. The Morgan fingerprint density at radius 2 is 1.96 bits per heavy atom. The standard InChI is InChI=1S/C22H27NO2/c1-14-12-15(2)16(3)21(13-14)25-17(4)22(24)23-20-11-7-9-18-8-5-6-10-19(18)20/h5-6,8,10,12-13,17,20H,7,9,11H2,1-4H3,(H,23,24). The highest BCUT2D eigenvalue weighted by Crippen LogP contribution is 2.30. The van der Waals surface area contributed by atoms with Crippen LogP contribution in [0.4, 0.5) is 0 Å². The molecule has 2 aromatic carbocycles. The SMILES string of the molecule is Cc1cc(C)c(C)c(OC(C)C(=O)NC2CCCc3ccccc32)c1. The first kappa shape index (κ1) is 17.5. The van der Waals surface area contributed by atoms with E-state index in [9.17, 15) is 4.79 Å². The van der Waals surface area contributed by atoms with Gasteiger partial charge in [0.1, 0.15) is 5.75 Å². The third kappa shape index (κ3) is 3.87. The summed E-state index contributed by atoms with van der Waals surface area (Å²) in [5, 5.41) is 3.18. The minimum atomic E-state index is -0.519. The zero-order chi connectivity index (χ0) is 18.0. The average molecular weight is 337 g/mol. The molecular weight excluding hydrogens is 310 g/mol. The number of hydrogen-bond acceptors (Lipinski definition) is 2. The number of nitrogens with one attached hydrogen (secondary N) is 1. The molecule has 132 valence electrons. The van der Waals surface area contributed by atoms with Crippen LogP contribution in [-0.2, 0) is 11.2 Å². The van der Waals surface area contributed by atoms with Gasteiger partial charge in [-0.3, -0.25) is 4.79 Å². The van der Waals surface area contributed by atoms with Gasteiger partial charge in [0.2, 0.25) is 0 Å². The molecule has 1 aliphatic carbocycles. The van der Waals surface area contributed by atoms with E-state index in [1.165, 1.54) is 16.7 Å². The van der Waals surface area contributed by atoms with Crippen molar-refractivity contribution < 1.29 is 9.53 Å². The number of fused-ring (bicyclic) bond motifs is 1. The first-order chi connectivity index (χ1) is 12.0. The number of ether oxygens (including phenoxy) is 1. The lowest BCUT2D eigenvalue weighted by Crippen LogP contribution is -2.39. The maximum absolute atomic E-state index is 12.7. The summed E-state index contributed by atoms with van der Waals surface area (Å²) in [4.78, 5) is 12.7. The molecular formula is C22H27NO2. The van der Waals surface area contributed by atoms with E-state index in [1.54, 1.807) is 0 Å². The van der Waals surface area contributed by atoms with Crippen LogP contribution in [0.25, 0.3) is 0 Å². The average Bonchev–Trinajstić information content (AvgIpc) is 2.59. The molecule has 2 aromatic rings. The Hall–Kier alpha value is -2.29. The minimum absolute atomic E-state index is 0.0553. The monoisotopic (exact) mass is 337 g/mol. The van der Waals surface area contributed by atoms with Gasteiger partial charge >= 0.3 is 0 Å². The van der Waals surface area contributed by atoms with Crippen LogP contribution in [0.3, 0.4) is 0 Å². The van der Waals surface area contributed by atoms with Gasteiger partial charge in [0.15, 0.2) is 6.10 Å². The zero-order valence-corrected chi connectivity index (χ0v) is 15.6. The Kier molecular flexibility index (Phi) is 5.12. The molecule has 0 spiro atoms. The highest BCUT2D eigenvalue weighted by atomic mass is 16.5. The molecule has 0 aliphatic heterocycles. The van der Waals surface area contributed by atoms with Crippen LogP contribution in [0.2, 0.25) is 0 Å². The summed E-state index contributed by atoms with van der Waals surface area (Å²) in [6.07, 6.45) is 2.66. The van der Waals surface area contributed by atoms with Crippen LogP contribution < -0.4 is 10.1 Å². The van der Waals surface area contributed by atoms with Gasteiger partial charge in [0, 0.05) is 0 Å². The van der Waals surface area contributed by atoms with E-state index in [0.717, 1.165) is 36.1 Å². The van der Waals surface area contributed by atoms with Crippen molar-refractivity contribution in [1.29, 1.82) is 0 Å². The van der Waals surface area contributed by atoms with Gasteiger partial charge in [-0.05, 0) is 80.8 Å². The van der Waals surface area contributed by atoms with Gasteiger partial charge < -0.3 is 10.1 Å². The fraction of sp³-hybridized carbons (Fsp3) is 0.409. The summed E-state index contributed by atoms with van der Waals surface area (Å²) < 4.78 is 5.99. The molecule has 3 rings (SSSR count). The van der Waals surface area contributed by atoms with E-state index < -0.39 is 6.10 Å². The molecule has 2 atom stereocenters. The van der Waals surface area contributed by atoms with Crippen molar-refractivity contribution in [1.82, 2.24) is 5.32 Å². The van der Waals surface area contributed by atoms with Crippen LogP contribution in [0.5, 0.6) is 5.75 Å². The Morgan fingerprint density at radius 1 is 1.20 bits per heavy atom.